The molecule has 1 amide bonds. The van der Waals surface area contributed by atoms with E-state index in [2.05, 4.69) is 30.6 Å². The molecule has 21 heavy (non-hydrogen) atoms. The second-order valence-electron chi connectivity index (χ2n) is 4.16. The Morgan fingerprint density at radius 2 is 2.24 bits per heavy atom. The second-order valence-corrected chi connectivity index (χ2v) is 6.59. The van der Waals surface area contributed by atoms with Crippen LogP contribution in [0.5, 0.6) is 0 Å². The van der Waals surface area contributed by atoms with Crippen molar-refractivity contribution >= 4 is 43.8 Å². The van der Waals surface area contributed by atoms with E-state index in [-0.39, 0.29) is 16.1 Å². The lowest BCUT2D eigenvalue weighted by atomic mass is 10.3. The summed E-state index contributed by atoms with van der Waals surface area (Å²) in [4.78, 5) is 32.1. The molecule has 2 heterocycles. The Morgan fingerprint density at radius 1 is 1.57 bits per heavy atom. The molecule has 1 atom stereocenters. The Bertz CT molecular complexity index is 711. The van der Waals surface area contributed by atoms with Crippen molar-refractivity contribution in [3.05, 3.63) is 16.5 Å². The number of hydrogen-bond acceptors (Lipinski definition) is 7. The lowest BCUT2D eigenvalue weighted by Crippen LogP contribution is -2.30. The van der Waals surface area contributed by atoms with Crippen LogP contribution in [0.25, 0.3) is 0 Å². The molecular formula is C10H9BrFN3O5S. The zero-order valence-electron chi connectivity index (χ0n) is 10.6. The minimum atomic E-state index is -4.86. The lowest BCUT2D eigenvalue weighted by Gasteiger charge is -2.16. The summed E-state index contributed by atoms with van der Waals surface area (Å²) >= 11 is 3.02. The van der Waals surface area contributed by atoms with Gasteiger partial charge >= 0.3 is 16.2 Å². The number of rotatable bonds is 3. The number of carbonyl (C=O) groups is 2. The van der Waals surface area contributed by atoms with E-state index < -0.39 is 40.3 Å². The molecule has 1 aromatic heterocycles. The number of anilines is 1. The molecule has 1 fully saturated rings. The maximum atomic E-state index is 13.0. The van der Waals surface area contributed by atoms with E-state index in [4.69, 9.17) is 0 Å². The zero-order chi connectivity index (χ0) is 15.8. The van der Waals surface area contributed by atoms with Gasteiger partial charge in [-0.15, -0.1) is 3.89 Å². The van der Waals surface area contributed by atoms with E-state index in [1.807, 2.05) is 0 Å². The SMILES string of the molecule is COC(=O)c1nc(Br)cnc1N1CC(S(=O)(=O)F)CC1=O. The van der Waals surface area contributed by atoms with Gasteiger partial charge in [-0.05, 0) is 15.9 Å². The number of carbonyl (C=O) groups excluding carboxylic acids is 2. The van der Waals surface area contributed by atoms with Crippen LogP contribution in [0.15, 0.2) is 10.8 Å². The number of amides is 1. The third-order valence-electron chi connectivity index (χ3n) is 2.85. The number of aromatic nitrogens is 2. The van der Waals surface area contributed by atoms with Crippen molar-refractivity contribution in [1.82, 2.24) is 9.97 Å². The summed E-state index contributed by atoms with van der Waals surface area (Å²) in [5.41, 5.74) is -0.267. The van der Waals surface area contributed by atoms with E-state index in [1.165, 1.54) is 6.20 Å². The predicted molar refractivity (Wildman–Crippen MR) is 71.9 cm³/mol. The molecule has 0 aromatic carbocycles. The van der Waals surface area contributed by atoms with Crippen molar-refractivity contribution < 1.29 is 26.6 Å². The molecular weight excluding hydrogens is 373 g/mol. The summed E-state index contributed by atoms with van der Waals surface area (Å²) in [6, 6.07) is 0. The van der Waals surface area contributed by atoms with Crippen LogP contribution in [0.4, 0.5) is 9.70 Å². The molecule has 8 nitrogen and oxygen atoms in total. The first-order chi connectivity index (χ1) is 9.74. The van der Waals surface area contributed by atoms with Crippen LogP contribution in [0.3, 0.4) is 0 Å². The van der Waals surface area contributed by atoms with Crippen molar-refractivity contribution in [3.63, 3.8) is 0 Å². The van der Waals surface area contributed by atoms with E-state index in [0.29, 0.717) is 0 Å². The van der Waals surface area contributed by atoms with Crippen molar-refractivity contribution in [3.8, 4) is 0 Å². The van der Waals surface area contributed by atoms with Gasteiger partial charge in [0.25, 0.3) is 0 Å². The van der Waals surface area contributed by atoms with Crippen LogP contribution in [0, 0.1) is 0 Å². The molecule has 1 aromatic rings. The second kappa shape index (κ2) is 5.64. The first-order valence-corrected chi connectivity index (χ1v) is 7.82. The van der Waals surface area contributed by atoms with Crippen LogP contribution < -0.4 is 4.90 Å². The van der Waals surface area contributed by atoms with Crippen LogP contribution in [0.1, 0.15) is 16.9 Å². The Hall–Kier alpha value is -1.62. The molecule has 0 saturated carbocycles. The summed E-state index contributed by atoms with van der Waals surface area (Å²) < 4.78 is 39.6. The van der Waals surface area contributed by atoms with E-state index in [0.717, 1.165) is 12.0 Å². The first-order valence-electron chi connectivity index (χ1n) is 5.58. The highest BCUT2D eigenvalue weighted by Crippen LogP contribution is 2.27. The van der Waals surface area contributed by atoms with Crippen molar-refractivity contribution in [2.75, 3.05) is 18.6 Å². The fourth-order valence-corrected chi connectivity index (χ4v) is 2.81. The number of hydrogen-bond donors (Lipinski definition) is 0. The van der Waals surface area contributed by atoms with Crippen molar-refractivity contribution in [2.45, 2.75) is 11.7 Å². The van der Waals surface area contributed by atoms with Gasteiger partial charge in [-0.2, -0.15) is 8.42 Å². The predicted octanol–water partition coefficient (Wildman–Crippen LogP) is 0.430. The molecule has 114 valence electrons. The van der Waals surface area contributed by atoms with Gasteiger partial charge in [0.2, 0.25) is 5.91 Å². The van der Waals surface area contributed by atoms with Gasteiger partial charge in [0.15, 0.2) is 11.5 Å². The van der Waals surface area contributed by atoms with E-state index in [9.17, 15) is 21.9 Å². The van der Waals surface area contributed by atoms with Gasteiger partial charge in [-0.25, -0.2) is 14.8 Å². The molecule has 11 heteroatoms. The fraction of sp³-hybridized carbons (Fsp3) is 0.400. The fourth-order valence-electron chi connectivity index (χ4n) is 1.86. The number of ether oxygens (including phenoxy) is 1. The molecule has 0 N–H and O–H groups in total. The summed E-state index contributed by atoms with van der Waals surface area (Å²) in [7, 11) is -3.74. The molecule has 0 bridgehead atoms. The quantitative estimate of drug-likeness (QED) is 0.551. The van der Waals surface area contributed by atoms with Crippen LogP contribution >= 0.6 is 15.9 Å². The minimum absolute atomic E-state index is 0.166. The van der Waals surface area contributed by atoms with Gasteiger partial charge in [0.05, 0.1) is 13.3 Å². The Balaban J connectivity index is 2.43. The standard InChI is InChI=1S/C10H9BrFN3O5S/c1-20-10(17)8-9(13-3-6(11)14-8)15-4-5(2-7(15)16)21(12,18)19/h3,5H,2,4H2,1H3. The third kappa shape index (κ3) is 3.18. The number of nitrogens with zero attached hydrogens (tertiary/aromatic N) is 3. The highest BCUT2D eigenvalue weighted by atomic mass is 79.9. The lowest BCUT2D eigenvalue weighted by molar-refractivity contribution is -0.117. The van der Waals surface area contributed by atoms with Crippen molar-refractivity contribution in [2.24, 2.45) is 0 Å². The third-order valence-corrected chi connectivity index (χ3v) is 4.34. The highest BCUT2D eigenvalue weighted by molar-refractivity contribution is 9.10. The Labute approximate surface area is 127 Å². The molecule has 1 unspecified atom stereocenters. The van der Waals surface area contributed by atoms with Gasteiger partial charge < -0.3 is 4.74 Å². The average molecular weight is 382 g/mol. The van der Waals surface area contributed by atoms with E-state index in [1.54, 1.807) is 0 Å². The normalized spacial score (nSPS) is 18.9. The van der Waals surface area contributed by atoms with Crippen LogP contribution in [-0.2, 0) is 19.8 Å². The number of halogens is 2. The Kier molecular flexibility index (Phi) is 4.23. The maximum Gasteiger partial charge on any atom is 0.360 e. The molecule has 0 aliphatic carbocycles. The number of esters is 1. The van der Waals surface area contributed by atoms with E-state index >= 15 is 0 Å². The summed E-state index contributed by atoms with van der Waals surface area (Å²) in [5.74, 6) is -1.68. The minimum Gasteiger partial charge on any atom is -0.464 e. The summed E-state index contributed by atoms with van der Waals surface area (Å²) in [5, 5.41) is -1.49. The van der Waals surface area contributed by atoms with Gasteiger partial charge in [0, 0.05) is 13.0 Å². The molecule has 2 rings (SSSR count). The monoisotopic (exact) mass is 381 g/mol. The number of methoxy groups -OCH3 is 1. The van der Waals surface area contributed by atoms with Gasteiger partial charge in [0.1, 0.15) is 9.85 Å². The van der Waals surface area contributed by atoms with Crippen LogP contribution in [0.2, 0.25) is 0 Å². The molecule has 1 saturated heterocycles. The summed E-state index contributed by atoms with van der Waals surface area (Å²) in [6.07, 6.45) is 0.712. The largest absolute Gasteiger partial charge is 0.464 e. The Morgan fingerprint density at radius 3 is 2.76 bits per heavy atom. The first kappa shape index (κ1) is 15.8. The van der Waals surface area contributed by atoms with Crippen LogP contribution in [-0.4, -0.2) is 49.2 Å². The summed E-state index contributed by atoms with van der Waals surface area (Å²) in [6.45, 7) is -0.433. The van der Waals surface area contributed by atoms with Crippen molar-refractivity contribution in [1.29, 1.82) is 0 Å². The topological polar surface area (TPSA) is 107 Å². The highest BCUT2D eigenvalue weighted by Gasteiger charge is 2.41. The average Bonchev–Trinajstić information content (AvgIpc) is 2.80. The molecule has 0 spiro atoms. The maximum absolute atomic E-state index is 13.0. The molecule has 0 radical (unpaired) electrons. The van der Waals surface area contributed by atoms with Gasteiger partial charge in [-0.1, -0.05) is 0 Å². The smallest absolute Gasteiger partial charge is 0.360 e. The zero-order valence-corrected chi connectivity index (χ0v) is 13.0. The molecule has 1 aliphatic rings. The molecule has 1 aliphatic heterocycles. The van der Waals surface area contributed by atoms with Gasteiger partial charge in [-0.3, -0.25) is 9.69 Å².